The van der Waals surface area contributed by atoms with Crippen LogP contribution in [0.3, 0.4) is 0 Å². The summed E-state index contributed by atoms with van der Waals surface area (Å²) in [5.41, 5.74) is 1.80. The van der Waals surface area contributed by atoms with Gasteiger partial charge in [-0.05, 0) is 43.4 Å². The number of fused-ring (bicyclic) bond motifs is 1. The summed E-state index contributed by atoms with van der Waals surface area (Å²) in [6, 6.07) is 4.21. The molecule has 4 atom stereocenters. The third kappa shape index (κ3) is 1.96. The molecule has 5 heteroatoms. The number of carbonyl (C=O) groups excluding carboxylic acids is 1. The molecule has 0 aromatic heterocycles. The summed E-state index contributed by atoms with van der Waals surface area (Å²) in [4.78, 5) is 12.6. The number of ketones is 1. The Morgan fingerprint density at radius 1 is 1.35 bits per heavy atom. The molecule has 1 aromatic rings. The third-order valence-corrected chi connectivity index (χ3v) is 6.16. The van der Waals surface area contributed by atoms with Crippen LogP contribution in [-0.4, -0.2) is 43.8 Å². The second kappa shape index (κ2) is 5.21. The highest BCUT2D eigenvalue weighted by molar-refractivity contribution is 5.86. The summed E-state index contributed by atoms with van der Waals surface area (Å²) in [5, 5.41) is 14.4. The van der Waals surface area contributed by atoms with Crippen LogP contribution in [0.4, 0.5) is 0 Å². The SMILES string of the molecule is COc1ccc2c(c1O)[C@@]13CCNC(C2)[C@H]1CC(OC)C(=O)C3. The molecule has 1 saturated heterocycles. The number of nitrogens with one attached hydrogen (secondary N) is 1. The first kappa shape index (κ1) is 15.0. The molecule has 1 saturated carbocycles. The van der Waals surface area contributed by atoms with Gasteiger partial charge in [-0.1, -0.05) is 6.07 Å². The van der Waals surface area contributed by atoms with Crippen LogP contribution in [0, 0.1) is 5.92 Å². The fourth-order valence-corrected chi connectivity index (χ4v) is 5.17. The normalized spacial score (nSPS) is 35.4. The van der Waals surface area contributed by atoms with E-state index in [1.54, 1.807) is 14.2 Å². The third-order valence-electron chi connectivity index (χ3n) is 6.16. The molecule has 2 bridgehead atoms. The highest BCUT2D eigenvalue weighted by Gasteiger charge is 2.57. The number of aromatic hydroxyl groups is 1. The Kier molecular flexibility index (Phi) is 3.39. The zero-order chi connectivity index (χ0) is 16.2. The first-order valence-corrected chi connectivity index (χ1v) is 8.29. The van der Waals surface area contributed by atoms with Crippen molar-refractivity contribution in [2.45, 2.75) is 43.2 Å². The van der Waals surface area contributed by atoms with Crippen molar-refractivity contribution >= 4 is 5.78 Å². The maximum atomic E-state index is 12.6. The minimum Gasteiger partial charge on any atom is -0.504 e. The molecule has 4 rings (SSSR count). The van der Waals surface area contributed by atoms with Crippen molar-refractivity contribution in [3.63, 3.8) is 0 Å². The van der Waals surface area contributed by atoms with Crippen LogP contribution in [0.2, 0.25) is 0 Å². The number of benzene rings is 1. The monoisotopic (exact) mass is 317 g/mol. The van der Waals surface area contributed by atoms with Crippen LogP contribution in [0.5, 0.6) is 11.5 Å². The fraction of sp³-hybridized carbons (Fsp3) is 0.611. The Bertz CT molecular complexity index is 659. The number of Topliss-reactive ketones (excluding diaryl/α,β-unsaturated/α-hetero) is 1. The summed E-state index contributed by atoms with van der Waals surface area (Å²) in [6.07, 6.45) is 2.60. The van der Waals surface area contributed by atoms with Crippen molar-refractivity contribution in [2.75, 3.05) is 20.8 Å². The van der Waals surface area contributed by atoms with E-state index in [1.807, 2.05) is 12.1 Å². The molecule has 1 aromatic carbocycles. The minimum atomic E-state index is -0.315. The van der Waals surface area contributed by atoms with Crippen molar-refractivity contribution in [1.82, 2.24) is 5.32 Å². The Morgan fingerprint density at radius 2 is 2.17 bits per heavy atom. The molecule has 2 fully saturated rings. The number of phenolic OH excluding ortho intramolecular Hbond substituents is 1. The topological polar surface area (TPSA) is 67.8 Å². The molecule has 124 valence electrons. The van der Waals surface area contributed by atoms with Gasteiger partial charge in [-0.2, -0.15) is 0 Å². The molecule has 0 radical (unpaired) electrons. The van der Waals surface area contributed by atoms with Crippen molar-refractivity contribution in [3.8, 4) is 11.5 Å². The predicted molar refractivity (Wildman–Crippen MR) is 85.0 cm³/mol. The van der Waals surface area contributed by atoms with Crippen LogP contribution >= 0.6 is 0 Å². The molecule has 3 aliphatic rings. The number of hydrogen-bond acceptors (Lipinski definition) is 5. The van der Waals surface area contributed by atoms with E-state index in [4.69, 9.17) is 9.47 Å². The van der Waals surface area contributed by atoms with Crippen LogP contribution in [-0.2, 0) is 21.4 Å². The van der Waals surface area contributed by atoms with Gasteiger partial charge in [0.2, 0.25) is 0 Å². The zero-order valence-electron chi connectivity index (χ0n) is 13.6. The maximum Gasteiger partial charge on any atom is 0.162 e. The summed E-state index contributed by atoms with van der Waals surface area (Å²) in [5.74, 6) is 1.18. The molecule has 2 aliphatic carbocycles. The molecule has 1 aliphatic heterocycles. The van der Waals surface area contributed by atoms with Crippen LogP contribution < -0.4 is 10.1 Å². The van der Waals surface area contributed by atoms with Gasteiger partial charge in [0, 0.05) is 30.6 Å². The molecule has 23 heavy (non-hydrogen) atoms. The van der Waals surface area contributed by atoms with Gasteiger partial charge in [0.15, 0.2) is 17.3 Å². The van der Waals surface area contributed by atoms with Gasteiger partial charge >= 0.3 is 0 Å². The van der Waals surface area contributed by atoms with E-state index in [2.05, 4.69) is 5.32 Å². The van der Waals surface area contributed by atoms with E-state index in [0.29, 0.717) is 24.1 Å². The van der Waals surface area contributed by atoms with Gasteiger partial charge in [0.25, 0.3) is 0 Å². The van der Waals surface area contributed by atoms with E-state index in [9.17, 15) is 9.90 Å². The lowest BCUT2D eigenvalue weighted by Crippen LogP contribution is -2.62. The molecular weight excluding hydrogens is 294 g/mol. The lowest BCUT2D eigenvalue weighted by atomic mass is 9.52. The number of methoxy groups -OCH3 is 2. The van der Waals surface area contributed by atoms with Gasteiger partial charge in [0.05, 0.1) is 7.11 Å². The Labute approximate surface area is 136 Å². The predicted octanol–water partition coefficient (Wildman–Crippen LogP) is 1.55. The van der Waals surface area contributed by atoms with Crippen molar-refractivity contribution in [1.29, 1.82) is 0 Å². The van der Waals surface area contributed by atoms with Gasteiger partial charge in [-0.15, -0.1) is 0 Å². The van der Waals surface area contributed by atoms with Crippen molar-refractivity contribution < 1.29 is 19.4 Å². The van der Waals surface area contributed by atoms with E-state index in [1.165, 1.54) is 0 Å². The van der Waals surface area contributed by atoms with Gasteiger partial charge in [-0.3, -0.25) is 4.79 Å². The number of ether oxygens (including phenoxy) is 2. The maximum absolute atomic E-state index is 12.6. The molecule has 1 heterocycles. The lowest BCUT2D eigenvalue weighted by molar-refractivity contribution is -0.138. The second-order valence-electron chi connectivity index (χ2n) is 7.03. The van der Waals surface area contributed by atoms with Crippen molar-refractivity contribution in [2.24, 2.45) is 5.92 Å². The van der Waals surface area contributed by atoms with E-state index < -0.39 is 0 Å². The number of rotatable bonds is 2. The van der Waals surface area contributed by atoms with E-state index in [0.717, 1.165) is 36.9 Å². The first-order valence-electron chi connectivity index (χ1n) is 8.29. The number of carbonyl (C=O) groups is 1. The minimum absolute atomic E-state index is 0.152. The van der Waals surface area contributed by atoms with Gasteiger partial charge in [-0.25, -0.2) is 0 Å². The van der Waals surface area contributed by atoms with Crippen LogP contribution in [0.15, 0.2) is 12.1 Å². The Hall–Kier alpha value is -1.59. The number of phenols is 1. The molecular formula is C18H23NO4. The molecule has 0 amide bonds. The highest BCUT2D eigenvalue weighted by atomic mass is 16.5. The molecule has 2 N–H and O–H groups in total. The number of hydrogen-bond donors (Lipinski definition) is 2. The first-order chi connectivity index (χ1) is 11.1. The summed E-state index contributed by atoms with van der Waals surface area (Å²) < 4.78 is 10.7. The summed E-state index contributed by atoms with van der Waals surface area (Å²) in [7, 11) is 3.18. The van der Waals surface area contributed by atoms with Crippen LogP contribution in [0.1, 0.15) is 30.4 Å². The largest absolute Gasteiger partial charge is 0.504 e. The molecule has 5 nitrogen and oxygen atoms in total. The quantitative estimate of drug-likeness (QED) is 0.866. The standard InChI is InChI=1S/C18H23NO4/c1-22-14-4-3-10-7-12-11-8-15(23-2)13(20)9-18(11,5-6-19-12)16(10)17(14)21/h3-4,11-12,15,19,21H,5-9H2,1-2H3/t11-,12?,15?,18-/m1/s1. The highest BCUT2D eigenvalue weighted by Crippen LogP contribution is 2.57. The average Bonchev–Trinajstić information content (AvgIpc) is 2.53. The second-order valence-corrected chi connectivity index (χ2v) is 7.03. The van der Waals surface area contributed by atoms with E-state index in [-0.39, 0.29) is 23.1 Å². The van der Waals surface area contributed by atoms with Crippen molar-refractivity contribution in [3.05, 3.63) is 23.3 Å². The van der Waals surface area contributed by atoms with Gasteiger partial charge < -0.3 is 19.9 Å². The van der Waals surface area contributed by atoms with Gasteiger partial charge in [0.1, 0.15) is 6.10 Å². The van der Waals surface area contributed by atoms with E-state index >= 15 is 0 Å². The fourth-order valence-electron chi connectivity index (χ4n) is 5.17. The average molecular weight is 317 g/mol. The zero-order valence-corrected chi connectivity index (χ0v) is 13.6. The summed E-state index contributed by atoms with van der Waals surface area (Å²) in [6.45, 7) is 0.877. The van der Waals surface area contributed by atoms with Crippen LogP contribution in [0.25, 0.3) is 0 Å². The lowest BCUT2D eigenvalue weighted by Gasteiger charge is -2.56. The molecule has 0 spiro atoms. The Morgan fingerprint density at radius 3 is 2.91 bits per heavy atom. The number of piperidine rings is 1. The molecule has 2 unspecified atom stereocenters. The smallest absolute Gasteiger partial charge is 0.162 e. The Balaban J connectivity index is 1.90. The summed E-state index contributed by atoms with van der Waals surface area (Å²) >= 11 is 0.